The van der Waals surface area contributed by atoms with Crippen molar-refractivity contribution in [2.24, 2.45) is 0 Å². The summed E-state index contributed by atoms with van der Waals surface area (Å²) >= 11 is 1.64. The number of benzene rings is 1. The Labute approximate surface area is 99.5 Å². The highest BCUT2D eigenvalue weighted by molar-refractivity contribution is 7.11. The molecule has 2 rings (SSSR count). The molecule has 3 nitrogen and oxygen atoms in total. The number of rotatable bonds is 4. The average Bonchev–Trinajstić information content (AvgIpc) is 2.73. The van der Waals surface area contributed by atoms with Gasteiger partial charge < -0.3 is 5.32 Å². The highest BCUT2D eigenvalue weighted by atomic mass is 32.1. The standard InChI is InChI=1S/C12H15N3S/c1-9(11-6-4-3-5-7-11)13-8-12-15-14-10(2)16-12/h3-7,9,13H,8H2,1-2H3/t9-/m1/s1. The van der Waals surface area contributed by atoms with Gasteiger partial charge in [-0.1, -0.05) is 30.3 Å². The Kier molecular flexibility index (Phi) is 3.64. The van der Waals surface area contributed by atoms with E-state index in [0.717, 1.165) is 16.6 Å². The second kappa shape index (κ2) is 5.18. The molecule has 0 unspecified atom stereocenters. The summed E-state index contributed by atoms with van der Waals surface area (Å²) in [6, 6.07) is 10.7. The van der Waals surface area contributed by atoms with Crippen LogP contribution in [0.15, 0.2) is 30.3 Å². The van der Waals surface area contributed by atoms with E-state index < -0.39 is 0 Å². The molecule has 0 fully saturated rings. The lowest BCUT2D eigenvalue weighted by molar-refractivity contribution is 0.571. The average molecular weight is 233 g/mol. The second-order valence-electron chi connectivity index (χ2n) is 3.73. The van der Waals surface area contributed by atoms with E-state index in [0.29, 0.717) is 6.04 Å². The van der Waals surface area contributed by atoms with Crippen molar-refractivity contribution in [2.45, 2.75) is 26.4 Å². The molecule has 0 aliphatic carbocycles. The minimum absolute atomic E-state index is 0.338. The normalized spacial score (nSPS) is 12.6. The largest absolute Gasteiger partial charge is 0.304 e. The first kappa shape index (κ1) is 11.2. The zero-order chi connectivity index (χ0) is 11.4. The van der Waals surface area contributed by atoms with Crippen LogP contribution in [0.2, 0.25) is 0 Å². The van der Waals surface area contributed by atoms with Crippen molar-refractivity contribution < 1.29 is 0 Å². The third kappa shape index (κ3) is 2.87. The van der Waals surface area contributed by atoms with E-state index in [1.54, 1.807) is 11.3 Å². The Hall–Kier alpha value is -1.26. The van der Waals surface area contributed by atoms with Crippen molar-refractivity contribution in [3.8, 4) is 0 Å². The number of aromatic nitrogens is 2. The van der Waals surface area contributed by atoms with Crippen LogP contribution in [0.5, 0.6) is 0 Å². The topological polar surface area (TPSA) is 37.8 Å². The molecule has 4 heteroatoms. The van der Waals surface area contributed by atoms with Crippen molar-refractivity contribution >= 4 is 11.3 Å². The van der Waals surface area contributed by atoms with E-state index in [-0.39, 0.29) is 0 Å². The zero-order valence-electron chi connectivity index (χ0n) is 9.47. The van der Waals surface area contributed by atoms with E-state index in [1.807, 2.05) is 13.0 Å². The minimum Gasteiger partial charge on any atom is -0.304 e. The van der Waals surface area contributed by atoms with Crippen molar-refractivity contribution in [1.29, 1.82) is 0 Å². The lowest BCUT2D eigenvalue weighted by atomic mass is 10.1. The van der Waals surface area contributed by atoms with Gasteiger partial charge in [-0.05, 0) is 19.4 Å². The van der Waals surface area contributed by atoms with Crippen LogP contribution in [0.4, 0.5) is 0 Å². The third-order valence-corrected chi connectivity index (χ3v) is 3.27. The molecule has 0 saturated heterocycles. The highest BCUT2D eigenvalue weighted by Crippen LogP contribution is 2.13. The molecule has 0 saturated carbocycles. The van der Waals surface area contributed by atoms with Crippen LogP contribution >= 0.6 is 11.3 Å². The van der Waals surface area contributed by atoms with Gasteiger partial charge in [-0.3, -0.25) is 0 Å². The van der Waals surface area contributed by atoms with Gasteiger partial charge in [0.05, 0.1) is 6.54 Å². The van der Waals surface area contributed by atoms with Crippen LogP contribution in [0.1, 0.15) is 28.5 Å². The molecule has 16 heavy (non-hydrogen) atoms. The van der Waals surface area contributed by atoms with Gasteiger partial charge in [0.1, 0.15) is 10.0 Å². The lowest BCUT2D eigenvalue weighted by Crippen LogP contribution is -2.17. The van der Waals surface area contributed by atoms with Crippen molar-refractivity contribution in [2.75, 3.05) is 0 Å². The predicted octanol–water partition coefficient (Wildman–Crippen LogP) is 2.70. The Morgan fingerprint density at radius 2 is 2.00 bits per heavy atom. The molecule has 0 aliphatic heterocycles. The van der Waals surface area contributed by atoms with Crippen LogP contribution in [0, 0.1) is 6.92 Å². The Morgan fingerprint density at radius 1 is 1.25 bits per heavy atom. The maximum absolute atomic E-state index is 4.09. The van der Waals surface area contributed by atoms with Gasteiger partial charge in [-0.25, -0.2) is 0 Å². The molecule has 1 heterocycles. The molecular formula is C12H15N3S. The van der Waals surface area contributed by atoms with Crippen LogP contribution in [-0.2, 0) is 6.54 Å². The molecule has 0 aliphatic rings. The lowest BCUT2D eigenvalue weighted by Gasteiger charge is -2.12. The maximum Gasteiger partial charge on any atom is 0.131 e. The molecular weight excluding hydrogens is 218 g/mol. The van der Waals surface area contributed by atoms with Crippen LogP contribution < -0.4 is 5.32 Å². The first-order valence-electron chi connectivity index (χ1n) is 5.33. The summed E-state index contributed by atoms with van der Waals surface area (Å²) in [4.78, 5) is 0. The van der Waals surface area contributed by atoms with Crippen LogP contribution in [0.25, 0.3) is 0 Å². The summed E-state index contributed by atoms with van der Waals surface area (Å²) in [5.74, 6) is 0. The Balaban J connectivity index is 1.91. The molecule has 1 atom stereocenters. The molecule has 0 spiro atoms. The fourth-order valence-electron chi connectivity index (χ4n) is 1.51. The summed E-state index contributed by atoms with van der Waals surface area (Å²) in [5.41, 5.74) is 1.30. The zero-order valence-corrected chi connectivity index (χ0v) is 10.3. The molecule has 1 aromatic heterocycles. The molecule has 2 aromatic rings. The van der Waals surface area contributed by atoms with Gasteiger partial charge >= 0.3 is 0 Å². The fraction of sp³-hybridized carbons (Fsp3) is 0.333. The van der Waals surface area contributed by atoms with Gasteiger partial charge in [-0.15, -0.1) is 21.5 Å². The van der Waals surface area contributed by atoms with E-state index in [9.17, 15) is 0 Å². The van der Waals surface area contributed by atoms with E-state index in [4.69, 9.17) is 0 Å². The maximum atomic E-state index is 4.09. The number of hydrogen-bond acceptors (Lipinski definition) is 4. The molecule has 0 radical (unpaired) electrons. The van der Waals surface area contributed by atoms with Gasteiger partial charge in [0.25, 0.3) is 0 Å². The van der Waals surface area contributed by atoms with Crippen LogP contribution in [0.3, 0.4) is 0 Å². The number of aryl methyl sites for hydroxylation is 1. The fourth-order valence-corrected chi connectivity index (χ4v) is 2.17. The molecule has 84 valence electrons. The number of nitrogens with one attached hydrogen (secondary N) is 1. The number of hydrogen-bond donors (Lipinski definition) is 1. The summed E-state index contributed by atoms with van der Waals surface area (Å²) < 4.78 is 0. The van der Waals surface area contributed by atoms with E-state index >= 15 is 0 Å². The van der Waals surface area contributed by atoms with Crippen LogP contribution in [-0.4, -0.2) is 10.2 Å². The SMILES string of the molecule is Cc1nnc(CN[C@H](C)c2ccccc2)s1. The van der Waals surface area contributed by atoms with Gasteiger partial charge in [0.15, 0.2) is 0 Å². The van der Waals surface area contributed by atoms with Crippen molar-refractivity contribution in [1.82, 2.24) is 15.5 Å². The van der Waals surface area contributed by atoms with Crippen molar-refractivity contribution in [3.63, 3.8) is 0 Å². The van der Waals surface area contributed by atoms with E-state index in [1.165, 1.54) is 5.56 Å². The molecule has 1 N–H and O–H groups in total. The Bertz CT molecular complexity index is 439. The summed E-state index contributed by atoms with van der Waals surface area (Å²) in [6.45, 7) is 4.91. The quantitative estimate of drug-likeness (QED) is 0.882. The molecule has 0 amide bonds. The predicted molar refractivity (Wildman–Crippen MR) is 66.3 cm³/mol. The van der Waals surface area contributed by atoms with Crippen molar-refractivity contribution in [3.05, 3.63) is 45.9 Å². The minimum atomic E-state index is 0.338. The summed E-state index contributed by atoms with van der Waals surface area (Å²) in [6.07, 6.45) is 0. The highest BCUT2D eigenvalue weighted by Gasteiger charge is 2.05. The monoisotopic (exact) mass is 233 g/mol. The Morgan fingerprint density at radius 3 is 2.62 bits per heavy atom. The summed E-state index contributed by atoms with van der Waals surface area (Å²) in [5, 5.41) is 13.6. The van der Waals surface area contributed by atoms with Gasteiger partial charge in [0.2, 0.25) is 0 Å². The van der Waals surface area contributed by atoms with Gasteiger partial charge in [-0.2, -0.15) is 0 Å². The molecule has 1 aromatic carbocycles. The number of nitrogens with zero attached hydrogens (tertiary/aromatic N) is 2. The first-order chi connectivity index (χ1) is 7.75. The smallest absolute Gasteiger partial charge is 0.131 e. The molecule has 0 bridgehead atoms. The second-order valence-corrected chi connectivity index (χ2v) is 4.99. The van der Waals surface area contributed by atoms with E-state index in [2.05, 4.69) is 46.7 Å². The third-order valence-electron chi connectivity index (χ3n) is 2.43. The summed E-state index contributed by atoms with van der Waals surface area (Å²) in [7, 11) is 0. The first-order valence-corrected chi connectivity index (χ1v) is 6.14. The van der Waals surface area contributed by atoms with Gasteiger partial charge in [0, 0.05) is 6.04 Å².